The summed E-state index contributed by atoms with van der Waals surface area (Å²) in [6.07, 6.45) is 6.13. The number of hydrogen-bond donors (Lipinski definition) is 2. The van der Waals surface area contributed by atoms with E-state index in [0.29, 0.717) is 0 Å². The summed E-state index contributed by atoms with van der Waals surface area (Å²) in [5.41, 5.74) is -1.39. The molecule has 4 aliphatic rings. The molecular weight excluding hydrogens is 304 g/mol. The summed E-state index contributed by atoms with van der Waals surface area (Å²) in [6, 6.07) is 0. The lowest BCUT2D eigenvalue weighted by molar-refractivity contribution is -0.192. The molecule has 4 nitrogen and oxygen atoms in total. The molecule has 0 aromatic rings. The van der Waals surface area contributed by atoms with Gasteiger partial charge in [-0.3, -0.25) is 9.59 Å². The highest BCUT2D eigenvalue weighted by molar-refractivity contribution is 5.92. The van der Waals surface area contributed by atoms with E-state index in [1.54, 1.807) is 0 Å². The predicted octanol–water partition coefficient (Wildman–Crippen LogP) is 3.41. The fourth-order valence-corrected chi connectivity index (χ4v) is 7.81. The van der Waals surface area contributed by atoms with Gasteiger partial charge in [-0.2, -0.15) is 0 Å². The van der Waals surface area contributed by atoms with Crippen molar-refractivity contribution in [1.82, 2.24) is 0 Å². The molecule has 7 atom stereocenters. The standard InChI is InChI=1S/C20H30O4/c1-17-9-5-13-18(2)7-4-8-19(3,16(23)24)12(18)6-10-20(13,11-17)15(22)14(17)21/h12-13,15,22H,4-11H2,1-3H3,(H,23,24)/t12-,13-,15-,17-,18+,19-,20-/m1/s1. The number of carbonyl (C=O) groups is 2. The topological polar surface area (TPSA) is 74.6 Å². The Morgan fingerprint density at radius 1 is 1.04 bits per heavy atom. The van der Waals surface area contributed by atoms with E-state index in [-0.39, 0.29) is 33.9 Å². The Hall–Kier alpha value is -0.900. The van der Waals surface area contributed by atoms with Crippen LogP contribution in [0.4, 0.5) is 0 Å². The molecule has 0 saturated heterocycles. The van der Waals surface area contributed by atoms with E-state index < -0.39 is 17.5 Å². The van der Waals surface area contributed by atoms with Crippen molar-refractivity contribution in [3.8, 4) is 0 Å². The minimum atomic E-state index is -0.842. The van der Waals surface area contributed by atoms with Gasteiger partial charge in [0.2, 0.25) is 0 Å². The van der Waals surface area contributed by atoms with Crippen LogP contribution in [0, 0.1) is 33.5 Å². The lowest BCUT2D eigenvalue weighted by Crippen LogP contribution is -2.60. The van der Waals surface area contributed by atoms with Gasteiger partial charge in [0.25, 0.3) is 0 Å². The van der Waals surface area contributed by atoms with E-state index in [2.05, 4.69) is 6.92 Å². The van der Waals surface area contributed by atoms with Gasteiger partial charge in [0, 0.05) is 10.8 Å². The smallest absolute Gasteiger partial charge is 0.309 e. The number of hydrogen-bond acceptors (Lipinski definition) is 3. The first kappa shape index (κ1) is 16.6. The number of aliphatic hydroxyl groups is 1. The van der Waals surface area contributed by atoms with Crippen molar-refractivity contribution in [3.63, 3.8) is 0 Å². The lowest BCUT2D eigenvalue weighted by Gasteiger charge is -2.64. The summed E-state index contributed by atoms with van der Waals surface area (Å²) in [4.78, 5) is 24.8. The predicted molar refractivity (Wildman–Crippen MR) is 89.3 cm³/mol. The van der Waals surface area contributed by atoms with Gasteiger partial charge in [0.05, 0.1) is 5.41 Å². The van der Waals surface area contributed by atoms with Crippen molar-refractivity contribution in [1.29, 1.82) is 0 Å². The second-order valence-electron chi connectivity index (χ2n) is 10.0. The van der Waals surface area contributed by atoms with E-state index in [1.165, 1.54) is 0 Å². The van der Waals surface area contributed by atoms with Gasteiger partial charge in [-0.05, 0) is 69.1 Å². The number of Topliss-reactive ketones (excluding diaryl/α,β-unsaturated/α-hetero) is 1. The zero-order valence-corrected chi connectivity index (χ0v) is 15.1. The van der Waals surface area contributed by atoms with Gasteiger partial charge in [-0.25, -0.2) is 0 Å². The number of aliphatic hydroxyl groups excluding tert-OH is 1. The van der Waals surface area contributed by atoms with Gasteiger partial charge in [-0.15, -0.1) is 0 Å². The van der Waals surface area contributed by atoms with Crippen LogP contribution in [0.2, 0.25) is 0 Å². The second kappa shape index (κ2) is 4.63. The van der Waals surface area contributed by atoms with Gasteiger partial charge < -0.3 is 10.2 Å². The molecule has 4 rings (SSSR count). The number of carboxylic acid groups (broad SMARTS) is 1. The highest BCUT2D eigenvalue weighted by Gasteiger charge is 2.71. The molecule has 0 aromatic heterocycles. The second-order valence-corrected chi connectivity index (χ2v) is 10.0. The Morgan fingerprint density at radius 2 is 1.71 bits per heavy atom. The number of aliphatic carboxylic acids is 1. The van der Waals surface area contributed by atoms with Crippen LogP contribution in [0.3, 0.4) is 0 Å². The number of carboxylic acids is 1. The Morgan fingerprint density at radius 3 is 2.38 bits per heavy atom. The van der Waals surface area contributed by atoms with Crippen LogP contribution < -0.4 is 0 Å². The quantitative estimate of drug-likeness (QED) is 0.770. The van der Waals surface area contributed by atoms with E-state index in [1.807, 2.05) is 13.8 Å². The average molecular weight is 334 g/mol. The van der Waals surface area contributed by atoms with Crippen LogP contribution >= 0.6 is 0 Å². The molecule has 4 fully saturated rings. The summed E-state index contributed by atoms with van der Waals surface area (Å²) >= 11 is 0. The van der Waals surface area contributed by atoms with Gasteiger partial charge in [0.15, 0.2) is 5.78 Å². The average Bonchev–Trinajstić information content (AvgIpc) is 2.64. The minimum Gasteiger partial charge on any atom is -0.481 e. The van der Waals surface area contributed by atoms with Crippen LogP contribution in [0.1, 0.15) is 72.1 Å². The molecule has 4 aliphatic carbocycles. The monoisotopic (exact) mass is 334 g/mol. The molecule has 4 heteroatoms. The minimum absolute atomic E-state index is 0.0452. The summed E-state index contributed by atoms with van der Waals surface area (Å²) in [6.45, 7) is 6.22. The van der Waals surface area contributed by atoms with Crippen LogP contribution in [0.25, 0.3) is 0 Å². The largest absolute Gasteiger partial charge is 0.481 e. The first-order valence-electron chi connectivity index (χ1n) is 9.56. The van der Waals surface area contributed by atoms with Crippen LogP contribution in [-0.4, -0.2) is 28.1 Å². The molecule has 2 bridgehead atoms. The van der Waals surface area contributed by atoms with E-state index in [4.69, 9.17) is 0 Å². The molecule has 0 aromatic carbocycles. The summed E-state index contributed by atoms with van der Waals surface area (Å²) in [5, 5.41) is 20.8. The number of carbonyl (C=O) groups excluding carboxylic acids is 1. The van der Waals surface area contributed by atoms with Crippen molar-refractivity contribution in [2.24, 2.45) is 33.5 Å². The molecule has 0 radical (unpaired) electrons. The maximum Gasteiger partial charge on any atom is 0.309 e. The molecule has 0 heterocycles. The molecule has 0 amide bonds. The van der Waals surface area contributed by atoms with Crippen molar-refractivity contribution in [2.45, 2.75) is 78.2 Å². The number of fused-ring (bicyclic) bond motifs is 3. The number of ketones is 1. The maximum absolute atomic E-state index is 12.7. The van der Waals surface area contributed by atoms with Crippen molar-refractivity contribution >= 4 is 11.8 Å². The zero-order chi connectivity index (χ0) is 17.5. The third-order valence-electron chi connectivity index (χ3n) is 8.95. The maximum atomic E-state index is 12.7. The lowest BCUT2D eigenvalue weighted by atomic mass is 9.40. The molecule has 134 valence electrons. The molecule has 0 unspecified atom stereocenters. The Balaban J connectivity index is 1.79. The van der Waals surface area contributed by atoms with Gasteiger partial charge >= 0.3 is 5.97 Å². The highest BCUT2D eigenvalue weighted by atomic mass is 16.4. The number of rotatable bonds is 1. The molecule has 0 aliphatic heterocycles. The molecule has 24 heavy (non-hydrogen) atoms. The summed E-state index contributed by atoms with van der Waals surface area (Å²) in [5.74, 6) is -0.196. The molecule has 1 spiro atoms. The van der Waals surface area contributed by atoms with E-state index in [9.17, 15) is 19.8 Å². The third kappa shape index (κ3) is 1.69. The van der Waals surface area contributed by atoms with Crippen molar-refractivity contribution < 1.29 is 19.8 Å². The summed E-state index contributed by atoms with van der Waals surface area (Å²) in [7, 11) is 0. The first-order chi connectivity index (χ1) is 11.1. The van der Waals surface area contributed by atoms with Gasteiger partial charge in [-0.1, -0.05) is 20.3 Å². The van der Waals surface area contributed by atoms with Crippen LogP contribution in [0.15, 0.2) is 0 Å². The van der Waals surface area contributed by atoms with E-state index >= 15 is 0 Å². The molecular formula is C20H30O4. The van der Waals surface area contributed by atoms with E-state index in [0.717, 1.165) is 51.4 Å². The Labute approximate surface area is 144 Å². The van der Waals surface area contributed by atoms with Crippen molar-refractivity contribution in [2.75, 3.05) is 0 Å². The van der Waals surface area contributed by atoms with Crippen LogP contribution in [0.5, 0.6) is 0 Å². The first-order valence-corrected chi connectivity index (χ1v) is 9.56. The SMILES string of the molecule is C[C@@]12CC[C@@H]3[C@@]4(C)CCC[C@@](C)(C(=O)O)[C@@H]4CC[C@]3(C1)[C@H](O)C2=O. The fraction of sp³-hybridized carbons (Fsp3) is 0.900. The van der Waals surface area contributed by atoms with Crippen LogP contribution in [-0.2, 0) is 9.59 Å². The normalized spacial score (nSPS) is 56.5. The zero-order valence-electron chi connectivity index (χ0n) is 15.1. The molecule has 2 N–H and O–H groups in total. The summed E-state index contributed by atoms with van der Waals surface area (Å²) < 4.78 is 0. The fourth-order valence-electron chi connectivity index (χ4n) is 7.81. The highest BCUT2D eigenvalue weighted by Crippen LogP contribution is 2.72. The Kier molecular flexibility index (Phi) is 3.19. The third-order valence-corrected chi connectivity index (χ3v) is 8.95. The van der Waals surface area contributed by atoms with Gasteiger partial charge in [0.1, 0.15) is 6.10 Å². The molecule has 4 saturated carbocycles. The Bertz CT molecular complexity index is 615. The van der Waals surface area contributed by atoms with Crippen molar-refractivity contribution in [3.05, 3.63) is 0 Å².